The Morgan fingerprint density at radius 2 is 1.66 bits per heavy atom. The topological polar surface area (TPSA) is 92.8 Å². The quantitative estimate of drug-likeness (QED) is 0.807. The Labute approximate surface area is 170 Å². The monoisotopic (exact) mass is 416 g/mol. The van der Waals surface area contributed by atoms with Crippen LogP contribution >= 0.6 is 0 Å². The summed E-state index contributed by atoms with van der Waals surface area (Å²) in [6.45, 7) is 0.314. The molecule has 1 atom stereocenters. The molecule has 0 radical (unpaired) electrons. The van der Waals surface area contributed by atoms with Crippen LogP contribution in [0.15, 0.2) is 60.7 Å². The summed E-state index contributed by atoms with van der Waals surface area (Å²) in [7, 11) is -3.36. The zero-order valence-electron chi connectivity index (χ0n) is 16.0. The van der Waals surface area contributed by atoms with E-state index in [2.05, 4.69) is 5.32 Å². The van der Waals surface area contributed by atoms with Crippen molar-refractivity contribution >= 4 is 21.8 Å². The van der Waals surface area contributed by atoms with Crippen LogP contribution in [0.5, 0.6) is 0 Å². The molecule has 0 spiro atoms. The lowest BCUT2D eigenvalue weighted by molar-refractivity contribution is -0.129. The Bertz CT molecular complexity index is 932. The summed E-state index contributed by atoms with van der Waals surface area (Å²) in [5, 5.41) is 1.81. The highest BCUT2D eigenvalue weighted by molar-refractivity contribution is 7.91. The fraction of sp³-hybridized carbons (Fsp3) is 0.333. The van der Waals surface area contributed by atoms with Gasteiger partial charge in [-0.3, -0.25) is 4.79 Å². The maximum absolute atomic E-state index is 12.6. The summed E-state index contributed by atoms with van der Waals surface area (Å²) >= 11 is 0. The number of alkyl carbamates (subject to hydrolysis) is 1. The number of hydrogen-bond acceptors (Lipinski definition) is 5. The summed E-state index contributed by atoms with van der Waals surface area (Å²) < 4.78 is 30.3. The van der Waals surface area contributed by atoms with Crippen molar-refractivity contribution in [2.75, 3.05) is 25.4 Å². The van der Waals surface area contributed by atoms with Crippen LogP contribution in [0.2, 0.25) is 0 Å². The number of rotatable bonds is 5. The molecule has 1 aliphatic heterocycles. The molecular weight excluding hydrogens is 392 g/mol. The molecule has 1 heterocycles. The van der Waals surface area contributed by atoms with E-state index >= 15 is 0 Å². The predicted octanol–water partition coefficient (Wildman–Crippen LogP) is 2.30. The lowest BCUT2D eigenvalue weighted by Gasteiger charge is -2.20. The van der Waals surface area contributed by atoms with E-state index in [1.807, 2.05) is 48.5 Å². The van der Waals surface area contributed by atoms with Crippen molar-refractivity contribution in [3.63, 3.8) is 0 Å². The van der Waals surface area contributed by atoms with Gasteiger partial charge in [0.05, 0.1) is 11.0 Å². The minimum Gasteiger partial charge on any atom is -0.445 e. The zero-order chi connectivity index (χ0) is 20.7. The van der Waals surface area contributed by atoms with Crippen molar-refractivity contribution in [2.24, 2.45) is 0 Å². The highest BCUT2D eigenvalue weighted by atomic mass is 32.2. The maximum atomic E-state index is 12.6. The van der Waals surface area contributed by atoms with E-state index in [4.69, 9.17) is 4.74 Å². The van der Waals surface area contributed by atoms with Crippen LogP contribution in [-0.2, 0) is 26.0 Å². The van der Waals surface area contributed by atoms with Gasteiger partial charge in [0.15, 0.2) is 9.84 Å². The first kappa shape index (κ1) is 20.9. The van der Waals surface area contributed by atoms with Gasteiger partial charge < -0.3 is 15.0 Å². The van der Waals surface area contributed by atoms with E-state index in [1.165, 1.54) is 4.90 Å². The largest absolute Gasteiger partial charge is 0.445 e. The third-order valence-electron chi connectivity index (χ3n) is 4.86. The molecule has 7 nitrogen and oxygen atoms in total. The molecule has 0 aromatic heterocycles. The smallest absolute Gasteiger partial charge is 0.407 e. The molecule has 1 saturated heterocycles. The van der Waals surface area contributed by atoms with Crippen molar-refractivity contribution in [1.82, 2.24) is 10.2 Å². The van der Waals surface area contributed by atoms with Gasteiger partial charge in [0, 0.05) is 13.1 Å². The van der Waals surface area contributed by atoms with Gasteiger partial charge in [-0.15, -0.1) is 0 Å². The molecule has 0 aliphatic carbocycles. The Morgan fingerprint density at radius 3 is 2.34 bits per heavy atom. The van der Waals surface area contributed by atoms with Crippen LogP contribution in [0.1, 0.15) is 22.8 Å². The number of benzene rings is 2. The van der Waals surface area contributed by atoms with Crippen LogP contribution < -0.4 is 5.32 Å². The average Bonchev–Trinajstić information content (AvgIpc) is 2.90. The fourth-order valence-electron chi connectivity index (χ4n) is 3.27. The number of nitrogens with zero attached hydrogens (tertiary/aromatic N) is 1. The number of hydrogen-bond donors (Lipinski definition) is 1. The Balaban J connectivity index is 1.50. The normalized spacial score (nSPS) is 18.5. The van der Waals surface area contributed by atoms with E-state index in [9.17, 15) is 18.0 Å². The van der Waals surface area contributed by atoms with Crippen molar-refractivity contribution < 1.29 is 22.7 Å². The highest BCUT2D eigenvalue weighted by Crippen LogP contribution is 2.29. The first-order valence-electron chi connectivity index (χ1n) is 9.44. The molecular formula is C21H24N2O5S. The molecule has 2 aromatic carbocycles. The third kappa shape index (κ3) is 5.80. The molecule has 0 bridgehead atoms. The first-order chi connectivity index (χ1) is 14.0. The summed E-state index contributed by atoms with van der Waals surface area (Å²) in [5.41, 5.74) is 1.59. The van der Waals surface area contributed by atoms with Crippen molar-refractivity contribution in [3.05, 3.63) is 71.8 Å². The van der Waals surface area contributed by atoms with Gasteiger partial charge in [0.25, 0.3) is 0 Å². The van der Waals surface area contributed by atoms with Crippen LogP contribution in [0.3, 0.4) is 0 Å². The molecule has 1 N–H and O–H groups in total. The van der Waals surface area contributed by atoms with Gasteiger partial charge in [0.2, 0.25) is 5.91 Å². The van der Waals surface area contributed by atoms with Gasteiger partial charge in [-0.25, -0.2) is 13.2 Å². The van der Waals surface area contributed by atoms with Crippen molar-refractivity contribution in [3.8, 4) is 0 Å². The number of amides is 2. The second-order valence-corrected chi connectivity index (χ2v) is 9.15. The van der Waals surface area contributed by atoms with E-state index in [0.717, 1.165) is 11.1 Å². The molecule has 8 heteroatoms. The Kier molecular flexibility index (Phi) is 6.87. The van der Waals surface area contributed by atoms with E-state index in [1.54, 1.807) is 12.1 Å². The van der Waals surface area contributed by atoms with E-state index in [-0.39, 0.29) is 31.4 Å². The third-order valence-corrected chi connectivity index (χ3v) is 6.99. The van der Waals surface area contributed by atoms with Crippen LogP contribution in [0, 0.1) is 0 Å². The molecule has 2 amide bonds. The second kappa shape index (κ2) is 9.56. The highest BCUT2D eigenvalue weighted by Gasteiger charge is 2.32. The Hall–Kier alpha value is -2.87. The van der Waals surface area contributed by atoms with E-state index < -0.39 is 21.2 Å². The lowest BCUT2D eigenvalue weighted by Crippen LogP contribution is -2.41. The van der Waals surface area contributed by atoms with Crippen molar-refractivity contribution in [1.29, 1.82) is 0 Å². The number of ether oxygens (including phenoxy) is 1. The summed E-state index contributed by atoms with van der Waals surface area (Å²) in [6, 6.07) is 18.3. The van der Waals surface area contributed by atoms with Crippen LogP contribution in [-0.4, -0.2) is 50.7 Å². The summed E-state index contributed by atoms with van der Waals surface area (Å²) in [5.74, 6) is -0.429. The number of carbonyl (C=O) groups excluding carboxylic acids is 2. The van der Waals surface area contributed by atoms with Crippen molar-refractivity contribution in [2.45, 2.75) is 18.3 Å². The fourth-order valence-corrected chi connectivity index (χ4v) is 5.06. The zero-order valence-corrected chi connectivity index (χ0v) is 16.8. The molecule has 29 heavy (non-hydrogen) atoms. The van der Waals surface area contributed by atoms with Crippen LogP contribution in [0.4, 0.5) is 4.79 Å². The second-order valence-electron chi connectivity index (χ2n) is 6.85. The van der Waals surface area contributed by atoms with Gasteiger partial charge >= 0.3 is 6.09 Å². The molecule has 2 aromatic rings. The standard InChI is InChI=1S/C21H24N2O5S/c24-20(15-22-21(25)28-16-17-7-3-1-4-8-17)23-12-11-19(29(26,27)14-13-23)18-9-5-2-6-10-18/h1-10,19H,11-16H2,(H,22,25). The molecule has 3 rings (SSSR count). The first-order valence-corrected chi connectivity index (χ1v) is 11.2. The number of carbonyl (C=O) groups is 2. The minimum absolute atomic E-state index is 0.100. The van der Waals surface area contributed by atoms with Gasteiger partial charge in [0.1, 0.15) is 13.2 Å². The lowest BCUT2D eigenvalue weighted by atomic mass is 10.1. The number of nitrogens with one attached hydrogen (secondary N) is 1. The maximum Gasteiger partial charge on any atom is 0.407 e. The average molecular weight is 416 g/mol. The number of sulfone groups is 1. The molecule has 1 fully saturated rings. The molecule has 154 valence electrons. The van der Waals surface area contributed by atoms with Gasteiger partial charge in [-0.05, 0) is 17.5 Å². The molecule has 0 saturated carbocycles. The predicted molar refractivity (Wildman–Crippen MR) is 109 cm³/mol. The summed E-state index contributed by atoms with van der Waals surface area (Å²) in [4.78, 5) is 25.7. The van der Waals surface area contributed by atoms with Crippen LogP contribution in [0.25, 0.3) is 0 Å². The SMILES string of the molecule is O=C(NCC(=O)N1CCC(c2ccccc2)S(=O)(=O)CC1)OCc1ccccc1. The van der Waals surface area contributed by atoms with Gasteiger partial charge in [-0.2, -0.15) is 0 Å². The summed E-state index contributed by atoms with van der Waals surface area (Å²) in [6.07, 6.45) is -0.358. The molecule has 1 aliphatic rings. The minimum atomic E-state index is -3.36. The molecule has 1 unspecified atom stereocenters. The van der Waals surface area contributed by atoms with Gasteiger partial charge in [-0.1, -0.05) is 60.7 Å². The van der Waals surface area contributed by atoms with E-state index in [0.29, 0.717) is 13.0 Å². The Morgan fingerprint density at radius 1 is 1.00 bits per heavy atom.